The maximum absolute atomic E-state index is 13.1. The molecular weight excluding hydrogens is 705 g/mol. The molecule has 0 spiro atoms. The van der Waals surface area contributed by atoms with Gasteiger partial charge in [-0.15, -0.1) is 0 Å². The number of hydrogen-bond acceptors (Lipinski definition) is 6. The highest BCUT2D eigenvalue weighted by molar-refractivity contribution is 6.32. The van der Waals surface area contributed by atoms with E-state index < -0.39 is 0 Å². The summed E-state index contributed by atoms with van der Waals surface area (Å²) in [4.78, 5) is 21.7. The second kappa shape index (κ2) is 18.3. The summed E-state index contributed by atoms with van der Waals surface area (Å²) in [5.41, 5.74) is 6.36. The quantitative estimate of drug-likeness (QED) is 0.105. The monoisotopic (exact) mass is 749 g/mol. The summed E-state index contributed by atoms with van der Waals surface area (Å²) in [6, 6.07) is 31.9. The molecule has 0 radical (unpaired) electrons. The molecule has 1 aromatic heterocycles. The van der Waals surface area contributed by atoms with Gasteiger partial charge in [0.1, 0.15) is 18.1 Å². The summed E-state index contributed by atoms with van der Waals surface area (Å²) >= 11 is 12.9. The van der Waals surface area contributed by atoms with Crippen LogP contribution in [0.1, 0.15) is 53.1 Å². The van der Waals surface area contributed by atoms with Crippen LogP contribution in [0.3, 0.4) is 0 Å². The molecule has 53 heavy (non-hydrogen) atoms. The highest BCUT2D eigenvalue weighted by Crippen LogP contribution is 2.34. The van der Waals surface area contributed by atoms with Gasteiger partial charge in [-0.2, -0.15) is 0 Å². The lowest BCUT2D eigenvalue weighted by molar-refractivity contribution is -0.127. The average molecular weight is 751 g/mol. The minimum Gasteiger partial charge on any atom is -0.493 e. The van der Waals surface area contributed by atoms with Crippen LogP contribution in [-0.2, 0) is 24.4 Å². The van der Waals surface area contributed by atoms with Gasteiger partial charge in [-0.05, 0) is 83.1 Å². The Hall–Kier alpha value is -4.82. The van der Waals surface area contributed by atoms with Crippen molar-refractivity contribution in [2.24, 2.45) is 0 Å². The molecule has 1 aliphatic heterocycles. The van der Waals surface area contributed by atoms with Gasteiger partial charge in [0.25, 0.3) is 0 Å². The molecule has 1 aliphatic rings. The molecule has 0 aliphatic carbocycles. The third-order valence-corrected chi connectivity index (χ3v) is 9.88. The van der Waals surface area contributed by atoms with Crippen molar-refractivity contribution in [3.8, 4) is 23.1 Å². The first kappa shape index (κ1) is 37.9. The average Bonchev–Trinajstić information content (AvgIpc) is 3.16. The molecule has 9 heteroatoms. The Morgan fingerprint density at radius 1 is 0.830 bits per heavy atom. The molecule has 1 amide bonds. The Kier molecular flexibility index (Phi) is 13.1. The van der Waals surface area contributed by atoms with Crippen LogP contribution < -0.4 is 14.2 Å². The van der Waals surface area contributed by atoms with Crippen LogP contribution in [0.4, 0.5) is 0 Å². The molecule has 7 nitrogen and oxygen atoms in total. The standard InChI is InChI=1S/C44H45Cl2N3O4/c1-31(2)36-8-6-9-38(27-36)51-24-19-33-11-13-34(14-12-33)29-48-20-22-49(23-21-48)43(50)18-15-35-25-32(3)44(41(46)26-35)53-42-17-16-39(28-47-42)52-30-37-7-4-5-10-40(37)45/h4-18,25-28,31H,19-24,29-30H2,1-3H3. The normalized spacial score (nSPS) is 13.4. The maximum Gasteiger partial charge on any atom is 0.246 e. The maximum atomic E-state index is 13.1. The van der Waals surface area contributed by atoms with Crippen LogP contribution in [0.15, 0.2) is 109 Å². The minimum atomic E-state index is -0.0118. The van der Waals surface area contributed by atoms with E-state index in [9.17, 15) is 4.79 Å². The Morgan fingerprint density at radius 2 is 1.60 bits per heavy atom. The third kappa shape index (κ3) is 10.9. The van der Waals surface area contributed by atoms with E-state index in [4.69, 9.17) is 37.4 Å². The van der Waals surface area contributed by atoms with Gasteiger partial charge < -0.3 is 19.1 Å². The number of nitrogens with zero attached hydrogens (tertiary/aromatic N) is 3. The van der Waals surface area contributed by atoms with Crippen LogP contribution in [0, 0.1) is 6.92 Å². The molecule has 0 saturated carbocycles. The van der Waals surface area contributed by atoms with Crippen molar-refractivity contribution in [2.75, 3.05) is 32.8 Å². The van der Waals surface area contributed by atoms with Crippen LogP contribution in [-0.4, -0.2) is 53.5 Å². The van der Waals surface area contributed by atoms with Gasteiger partial charge >= 0.3 is 0 Å². The van der Waals surface area contributed by atoms with Crippen molar-refractivity contribution in [1.82, 2.24) is 14.8 Å². The van der Waals surface area contributed by atoms with Crippen molar-refractivity contribution in [3.05, 3.63) is 153 Å². The van der Waals surface area contributed by atoms with Gasteiger partial charge in [-0.1, -0.05) is 91.6 Å². The molecule has 0 unspecified atom stereocenters. The fraction of sp³-hybridized carbons (Fsp3) is 0.273. The number of benzene rings is 4. The van der Waals surface area contributed by atoms with Crippen molar-refractivity contribution >= 4 is 35.2 Å². The summed E-state index contributed by atoms with van der Waals surface area (Å²) in [7, 11) is 0. The Morgan fingerprint density at radius 3 is 2.32 bits per heavy atom. The van der Waals surface area contributed by atoms with E-state index in [1.807, 2.05) is 48.2 Å². The first-order chi connectivity index (χ1) is 25.7. The molecule has 1 saturated heterocycles. The second-order valence-corrected chi connectivity index (χ2v) is 14.4. The zero-order chi connectivity index (χ0) is 37.2. The van der Waals surface area contributed by atoms with Gasteiger partial charge in [-0.25, -0.2) is 4.98 Å². The number of carbonyl (C=O) groups is 1. The van der Waals surface area contributed by atoms with Crippen molar-refractivity contribution in [3.63, 3.8) is 0 Å². The van der Waals surface area contributed by atoms with Crippen molar-refractivity contribution < 1.29 is 19.0 Å². The predicted molar refractivity (Wildman–Crippen MR) is 213 cm³/mol. The van der Waals surface area contributed by atoms with Crippen LogP contribution in [0.5, 0.6) is 23.1 Å². The summed E-state index contributed by atoms with van der Waals surface area (Å²) < 4.78 is 17.9. The van der Waals surface area contributed by atoms with E-state index in [0.29, 0.717) is 59.6 Å². The van der Waals surface area contributed by atoms with Crippen LogP contribution in [0.25, 0.3) is 6.08 Å². The molecule has 2 heterocycles. The zero-order valence-electron chi connectivity index (χ0n) is 30.4. The number of aromatic nitrogens is 1. The SMILES string of the molecule is Cc1cc(C=CC(=O)N2CCN(Cc3ccc(CCOc4cccc(C(C)C)c4)cc3)CC2)cc(Cl)c1Oc1ccc(OCc2ccccc2Cl)cn1. The number of piperazine rings is 1. The van der Waals surface area contributed by atoms with Gasteiger partial charge in [-0.3, -0.25) is 9.69 Å². The molecule has 0 N–H and O–H groups in total. The summed E-state index contributed by atoms with van der Waals surface area (Å²) in [6.07, 6.45) is 5.88. The van der Waals surface area contributed by atoms with E-state index in [1.165, 1.54) is 16.7 Å². The molecular formula is C44H45Cl2N3O4. The van der Waals surface area contributed by atoms with Crippen LogP contribution in [0.2, 0.25) is 10.0 Å². The summed E-state index contributed by atoms with van der Waals surface area (Å²) in [6.45, 7) is 11.1. The topological polar surface area (TPSA) is 64.1 Å². The Bertz CT molecular complexity index is 1980. The number of pyridine rings is 1. The Labute approximate surface area is 322 Å². The predicted octanol–water partition coefficient (Wildman–Crippen LogP) is 10.2. The lowest BCUT2D eigenvalue weighted by atomic mass is 10.0. The molecule has 1 fully saturated rings. The van der Waals surface area contributed by atoms with E-state index >= 15 is 0 Å². The Balaban J connectivity index is 0.930. The largest absolute Gasteiger partial charge is 0.493 e. The van der Waals surface area contributed by atoms with Crippen molar-refractivity contribution in [1.29, 1.82) is 0 Å². The van der Waals surface area contributed by atoms with Gasteiger partial charge in [0, 0.05) is 61.9 Å². The fourth-order valence-corrected chi connectivity index (χ4v) is 6.60. The molecule has 6 rings (SSSR count). The molecule has 5 aromatic rings. The highest BCUT2D eigenvalue weighted by Gasteiger charge is 2.20. The number of aryl methyl sites for hydroxylation is 1. The van der Waals surface area contributed by atoms with E-state index in [1.54, 1.807) is 36.5 Å². The summed E-state index contributed by atoms with van der Waals surface area (Å²) in [5.74, 6) is 2.89. The lowest BCUT2D eigenvalue weighted by Crippen LogP contribution is -2.47. The number of carbonyl (C=O) groups excluding carboxylic acids is 1. The highest BCUT2D eigenvalue weighted by atomic mass is 35.5. The van der Waals surface area contributed by atoms with E-state index in [-0.39, 0.29) is 5.91 Å². The molecule has 274 valence electrons. The van der Waals surface area contributed by atoms with Crippen molar-refractivity contribution in [2.45, 2.75) is 46.3 Å². The van der Waals surface area contributed by atoms with E-state index in [2.05, 4.69) is 66.2 Å². The van der Waals surface area contributed by atoms with Gasteiger partial charge in [0.15, 0.2) is 5.75 Å². The number of rotatable bonds is 14. The number of hydrogen-bond donors (Lipinski definition) is 0. The van der Waals surface area contributed by atoms with Gasteiger partial charge in [0.2, 0.25) is 11.8 Å². The molecule has 0 bridgehead atoms. The first-order valence-electron chi connectivity index (χ1n) is 18.0. The second-order valence-electron chi connectivity index (χ2n) is 13.5. The number of ether oxygens (including phenoxy) is 3. The number of halogens is 2. The van der Waals surface area contributed by atoms with Crippen LogP contribution >= 0.6 is 23.2 Å². The third-order valence-electron chi connectivity index (χ3n) is 9.24. The molecule has 4 aromatic carbocycles. The lowest BCUT2D eigenvalue weighted by Gasteiger charge is -2.34. The first-order valence-corrected chi connectivity index (χ1v) is 18.8. The smallest absolute Gasteiger partial charge is 0.246 e. The summed E-state index contributed by atoms with van der Waals surface area (Å²) in [5, 5.41) is 1.09. The zero-order valence-corrected chi connectivity index (χ0v) is 31.9. The fourth-order valence-electron chi connectivity index (χ4n) is 6.10. The minimum absolute atomic E-state index is 0.0118. The number of amides is 1. The van der Waals surface area contributed by atoms with Gasteiger partial charge in [0.05, 0.1) is 17.8 Å². The van der Waals surface area contributed by atoms with E-state index in [0.717, 1.165) is 48.5 Å². The molecule has 0 atom stereocenters.